The van der Waals surface area contributed by atoms with Gasteiger partial charge in [0, 0.05) is 22.3 Å². The Labute approximate surface area is 135 Å². The summed E-state index contributed by atoms with van der Waals surface area (Å²) in [6.45, 7) is 0. The zero-order valence-electron chi connectivity index (χ0n) is 12.6. The predicted molar refractivity (Wildman–Crippen MR) is 91.6 cm³/mol. The molecule has 0 aliphatic heterocycles. The van der Waals surface area contributed by atoms with Gasteiger partial charge in [-0.25, -0.2) is 0 Å². The molecule has 0 amide bonds. The number of Topliss-reactive ketones (excluding diaryl/α,β-unsaturated/α-hetero) is 1. The molecule has 1 aliphatic carbocycles. The van der Waals surface area contributed by atoms with Crippen molar-refractivity contribution in [3.05, 3.63) is 107 Å². The lowest BCUT2D eigenvalue weighted by molar-refractivity contribution is 0.102. The number of hydrogen-bond donors (Lipinski definition) is 0. The molecule has 0 radical (unpaired) electrons. The lowest BCUT2D eigenvalue weighted by atomic mass is 9.98. The number of rotatable bonds is 4. The molecule has 0 saturated heterocycles. The number of allylic oxidation sites excluding steroid dienone is 6. The molecule has 0 bridgehead atoms. The average Bonchev–Trinajstić information content (AvgIpc) is 2.91. The molecule has 0 spiro atoms. The minimum Gasteiger partial charge on any atom is -0.289 e. The van der Waals surface area contributed by atoms with Gasteiger partial charge < -0.3 is 0 Å². The van der Waals surface area contributed by atoms with Gasteiger partial charge in [-0.15, -0.1) is 0 Å². The Morgan fingerprint density at radius 3 is 2.00 bits per heavy atom. The van der Waals surface area contributed by atoms with E-state index in [4.69, 9.17) is 0 Å². The molecule has 23 heavy (non-hydrogen) atoms. The van der Waals surface area contributed by atoms with Crippen LogP contribution in [0.15, 0.2) is 90.6 Å². The van der Waals surface area contributed by atoms with Gasteiger partial charge in [-0.1, -0.05) is 85.0 Å². The smallest absolute Gasteiger partial charge is 0.193 e. The SMILES string of the molecule is O=C(C1=CC=CCC=C1)c1ccc(C(=O)c2ccccc2)cc1. The zero-order chi connectivity index (χ0) is 16.1. The summed E-state index contributed by atoms with van der Waals surface area (Å²) in [7, 11) is 0. The van der Waals surface area contributed by atoms with E-state index in [9.17, 15) is 9.59 Å². The second-order valence-corrected chi connectivity index (χ2v) is 5.29. The third-order valence-corrected chi connectivity index (χ3v) is 3.69. The first-order valence-corrected chi connectivity index (χ1v) is 7.53. The highest BCUT2D eigenvalue weighted by atomic mass is 16.1. The molecular weight excluding hydrogens is 284 g/mol. The summed E-state index contributed by atoms with van der Waals surface area (Å²) in [4.78, 5) is 24.8. The highest BCUT2D eigenvalue weighted by Crippen LogP contribution is 2.15. The minimum absolute atomic E-state index is 0.0356. The summed E-state index contributed by atoms with van der Waals surface area (Å²) in [5, 5.41) is 0. The molecule has 0 aromatic heterocycles. The van der Waals surface area contributed by atoms with Crippen LogP contribution in [0.4, 0.5) is 0 Å². The molecule has 2 heteroatoms. The van der Waals surface area contributed by atoms with Crippen molar-refractivity contribution >= 4 is 11.6 Å². The van der Waals surface area contributed by atoms with Crippen LogP contribution in [0.25, 0.3) is 0 Å². The second kappa shape index (κ2) is 6.84. The molecule has 0 N–H and O–H groups in total. The van der Waals surface area contributed by atoms with Crippen LogP contribution < -0.4 is 0 Å². The van der Waals surface area contributed by atoms with Gasteiger partial charge >= 0.3 is 0 Å². The normalized spacial score (nSPS) is 13.3. The molecule has 3 rings (SSSR count). The topological polar surface area (TPSA) is 34.1 Å². The summed E-state index contributed by atoms with van der Waals surface area (Å²) in [6, 6.07) is 16.0. The van der Waals surface area contributed by atoms with Gasteiger partial charge in [0.05, 0.1) is 0 Å². The fraction of sp³-hybridized carbons (Fsp3) is 0.0476. The van der Waals surface area contributed by atoms with E-state index in [0.717, 1.165) is 6.42 Å². The summed E-state index contributed by atoms with van der Waals surface area (Å²) in [6.07, 6.45) is 10.3. The van der Waals surface area contributed by atoms with Crippen molar-refractivity contribution < 1.29 is 9.59 Å². The first-order valence-electron chi connectivity index (χ1n) is 7.53. The Hall–Kier alpha value is -3.00. The lowest BCUT2D eigenvalue weighted by Crippen LogP contribution is -2.04. The fourth-order valence-corrected chi connectivity index (χ4v) is 2.43. The van der Waals surface area contributed by atoms with Crippen LogP contribution in [0.3, 0.4) is 0 Å². The number of benzene rings is 2. The molecule has 0 fully saturated rings. The van der Waals surface area contributed by atoms with E-state index in [1.165, 1.54) is 0 Å². The second-order valence-electron chi connectivity index (χ2n) is 5.29. The van der Waals surface area contributed by atoms with Crippen molar-refractivity contribution in [1.29, 1.82) is 0 Å². The molecule has 2 aromatic carbocycles. The van der Waals surface area contributed by atoms with E-state index in [1.807, 2.05) is 48.6 Å². The van der Waals surface area contributed by atoms with Crippen LogP contribution in [0.2, 0.25) is 0 Å². The van der Waals surface area contributed by atoms with Gasteiger partial charge in [0.15, 0.2) is 11.6 Å². The van der Waals surface area contributed by atoms with Crippen molar-refractivity contribution in [2.24, 2.45) is 0 Å². The molecule has 0 unspecified atom stereocenters. The number of ketones is 2. The summed E-state index contributed by atoms with van der Waals surface area (Å²) < 4.78 is 0. The highest BCUT2D eigenvalue weighted by molar-refractivity contribution is 6.12. The monoisotopic (exact) mass is 300 g/mol. The van der Waals surface area contributed by atoms with Crippen LogP contribution in [0.5, 0.6) is 0 Å². The molecule has 1 aliphatic rings. The van der Waals surface area contributed by atoms with Crippen molar-refractivity contribution in [3.63, 3.8) is 0 Å². The van der Waals surface area contributed by atoms with Gasteiger partial charge in [0.2, 0.25) is 0 Å². The first-order chi connectivity index (χ1) is 11.3. The molecule has 2 nitrogen and oxygen atoms in total. The van der Waals surface area contributed by atoms with E-state index < -0.39 is 0 Å². The summed E-state index contributed by atoms with van der Waals surface area (Å²) in [5.74, 6) is -0.0763. The van der Waals surface area contributed by atoms with Gasteiger partial charge in [-0.05, 0) is 6.42 Å². The Bertz CT molecular complexity index is 807. The third-order valence-electron chi connectivity index (χ3n) is 3.69. The van der Waals surface area contributed by atoms with E-state index in [-0.39, 0.29) is 11.6 Å². The Balaban J connectivity index is 1.82. The van der Waals surface area contributed by atoms with Crippen LogP contribution in [0, 0.1) is 0 Å². The zero-order valence-corrected chi connectivity index (χ0v) is 12.6. The van der Waals surface area contributed by atoms with E-state index in [1.54, 1.807) is 36.4 Å². The van der Waals surface area contributed by atoms with Gasteiger partial charge in [-0.2, -0.15) is 0 Å². The number of carbonyl (C=O) groups excluding carboxylic acids is 2. The van der Waals surface area contributed by atoms with E-state index >= 15 is 0 Å². The Morgan fingerprint density at radius 1 is 0.696 bits per heavy atom. The summed E-state index contributed by atoms with van der Waals surface area (Å²) >= 11 is 0. The predicted octanol–water partition coefficient (Wildman–Crippen LogP) is 4.54. The van der Waals surface area contributed by atoms with Crippen LogP contribution in [-0.4, -0.2) is 11.6 Å². The Morgan fingerprint density at radius 2 is 1.30 bits per heavy atom. The molecule has 0 heterocycles. The van der Waals surface area contributed by atoms with E-state index in [0.29, 0.717) is 22.3 Å². The van der Waals surface area contributed by atoms with Crippen molar-refractivity contribution in [2.75, 3.05) is 0 Å². The number of carbonyl (C=O) groups is 2. The average molecular weight is 300 g/mol. The van der Waals surface area contributed by atoms with Crippen LogP contribution in [0.1, 0.15) is 32.7 Å². The molecule has 0 atom stereocenters. The van der Waals surface area contributed by atoms with Crippen molar-refractivity contribution in [1.82, 2.24) is 0 Å². The van der Waals surface area contributed by atoms with Crippen molar-refractivity contribution in [2.45, 2.75) is 6.42 Å². The highest BCUT2D eigenvalue weighted by Gasteiger charge is 2.12. The first kappa shape index (κ1) is 14.9. The maximum atomic E-state index is 12.5. The fourth-order valence-electron chi connectivity index (χ4n) is 2.43. The van der Waals surface area contributed by atoms with Gasteiger partial charge in [-0.3, -0.25) is 9.59 Å². The summed E-state index contributed by atoms with van der Waals surface area (Å²) in [5.41, 5.74) is 2.46. The molecule has 0 saturated carbocycles. The minimum atomic E-state index is -0.0406. The van der Waals surface area contributed by atoms with Crippen LogP contribution in [-0.2, 0) is 0 Å². The molecular formula is C21H16O2. The maximum Gasteiger partial charge on any atom is 0.193 e. The number of hydrogen-bond acceptors (Lipinski definition) is 2. The largest absolute Gasteiger partial charge is 0.289 e. The lowest BCUT2D eigenvalue weighted by Gasteiger charge is -2.04. The van der Waals surface area contributed by atoms with E-state index in [2.05, 4.69) is 0 Å². The molecule has 112 valence electrons. The van der Waals surface area contributed by atoms with Gasteiger partial charge in [0.25, 0.3) is 0 Å². The van der Waals surface area contributed by atoms with Crippen LogP contribution >= 0.6 is 0 Å². The maximum absolute atomic E-state index is 12.5. The quantitative estimate of drug-likeness (QED) is 0.777. The third kappa shape index (κ3) is 3.43. The van der Waals surface area contributed by atoms with Gasteiger partial charge in [0.1, 0.15) is 0 Å². The standard InChI is InChI=1S/C21H16O2/c22-20(16-8-4-1-2-5-9-16)18-12-14-19(15-13-18)21(23)17-10-6-3-7-11-17/h1,3-15H,2H2. The molecule has 2 aromatic rings. The van der Waals surface area contributed by atoms with Crippen molar-refractivity contribution in [3.8, 4) is 0 Å². The Kier molecular flexibility index (Phi) is 4.44.